The lowest BCUT2D eigenvalue weighted by Crippen LogP contribution is -2.30. The molecule has 0 radical (unpaired) electrons. The molecule has 2 aromatic rings. The van der Waals surface area contributed by atoms with Gasteiger partial charge in [0.05, 0.1) is 19.3 Å². The molecule has 27 heavy (non-hydrogen) atoms. The van der Waals surface area contributed by atoms with Crippen LogP contribution < -0.4 is 10.1 Å². The first-order chi connectivity index (χ1) is 13.0. The molecule has 8 nitrogen and oxygen atoms in total. The molecule has 0 bridgehead atoms. The van der Waals surface area contributed by atoms with Crippen molar-refractivity contribution >= 4 is 17.8 Å². The van der Waals surface area contributed by atoms with Crippen LogP contribution in [0.3, 0.4) is 0 Å². The summed E-state index contributed by atoms with van der Waals surface area (Å²) in [4.78, 5) is 35.6. The number of ether oxygens (including phenoxy) is 3. The first kappa shape index (κ1) is 20.0. The Kier molecular flexibility index (Phi) is 6.99. The number of carbonyl (C=O) groups is 3. The zero-order valence-corrected chi connectivity index (χ0v) is 15.4. The molecule has 1 N–H and O–H groups in total. The first-order valence-electron chi connectivity index (χ1n) is 8.29. The maximum absolute atomic E-state index is 12.2. The van der Waals surface area contributed by atoms with E-state index in [2.05, 4.69) is 10.1 Å². The molecule has 0 aliphatic carbocycles. The quantitative estimate of drug-likeness (QED) is 0.706. The molecule has 1 aromatic heterocycles. The SMILES string of the molecule is CCOc1ccccc1C(=O)NCC(=O)OCc1cc(C(=O)OC)c(C)o1. The van der Waals surface area contributed by atoms with E-state index in [9.17, 15) is 14.4 Å². The second kappa shape index (κ2) is 9.42. The first-order valence-corrected chi connectivity index (χ1v) is 8.29. The average molecular weight is 375 g/mol. The Hall–Kier alpha value is -3.29. The molecule has 2 rings (SSSR count). The van der Waals surface area contributed by atoms with Gasteiger partial charge in [0.1, 0.15) is 36.0 Å². The lowest BCUT2D eigenvalue weighted by molar-refractivity contribution is -0.144. The van der Waals surface area contributed by atoms with Crippen molar-refractivity contribution in [3.63, 3.8) is 0 Å². The van der Waals surface area contributed by atoms with Gasteiger partial charge in [0, 0.05) is 0 Å². The second-order valence-corrected chi connectivity index (χ2v) is 5.45. The predicted molar refractivity (Wildman–Crippen MR) is 94.5 cm³/mol. The maximum Gasteiger partial charge on any atom is 0.341 e. The van der Waals surface area contributed by atoms with E-state index in [1.807, 2.05) is 6.92 Å². The number of benzene rings is 1. The summed E-state index contributed by atoms with van der Waals surface area (Å²) in [6, 6.07) is 8.18. The fraction of sp³-hybridized carbons (Fsp3) is 0.316. The van der Waals surface area contributed by atoms with Gasteiger partial charge in [-0.2, -0.15) is 0 Å². The van der Waals surface area contributed by atoms with Crippen molar-refractivity contribution in [2.24, 2.45) is 0 Å². The molecule has 0 aliphatic heterocycles. The highest BCUT2D eigenvalue weighted by atomic mass is 16.5. The number of rotatable bonds is 8. The van der Waals surface area contributed by atoms with E-state index in [0.717, 1.165) is 0 Å². The van der Waals surface area contributed by atoms with Crippen LogP contribution in [0, 0.1) is 6.92 Å². The lowest BCUT2D eigenvalue weighted by atomic mass is 10.2. The van der Waals surface area contributed by atoms with Crippen LogP contribution in [-0.2, 0) is 20.9 Å². The minimum absolute atomic E-state index is 0.165. The van der Waals surface area contributed by atoms with Gasteiger partial charge in [-0.3, -0.25) is 9.59 Å². The Labute approximate surface area is 156 Å². The Bertz CT molecular complexity index is 825. The fourth-order valence-corrected chi connectivity index (χ4v) is 2.31. The molecular weight excluding hydrogens is 354 g/mol. The van der Waals surface area contributed by atoms with Crippen LogP contribution in [0.25, 0.3) is 0 Å². The predicted octanol–water partition coefficient (Wildman–Crippen LogP) is 2.25. The number of nitrogens with one attached hydrogen (secondary N) is 1. The molecule has 0 aliphatic rings. The Balaban J connectivity index is 1.86. The van der Waals surface area contributed by atoms with Crippen molar-refractivity contribution < 1.29 is 33.0 Å². The normalized spacial score (nSPS) is 10.2. The molecule has 0 saturated heterocycles. The fourth-order valence-electron chi connectivity index (χ4n) is 2.31. The number of aryl methyl sites for hydroxylation is 1. The highest BCUT2D eigenvalue weighted by Gasteiger charge is 2.17. The zero-order valence-electron chi connectivity index (χ0n) is 15.4. The van der Waals surface area contributed by atoms with Crippen molar-refractivity contribution in [3.05, 3.63) is 53.0 Å². The highest BCUT2D eigenvalue weighted by Crippen LogP contribution is 2.18. The van der Waals surface area contributed by atoms with E-state index in [4.69, 9.17) is 13.9 Å². The number of amides is 1. The molecule has 1 aromatic carbocycles. The molecule has 8 heteroatoms. The third-order valence-corrected chi connectivity index (χ3v) is 3.57. The number of carbonyl (C=O) groups excluding carboxylic acids is 3. The number of esters is 2. The summed E-state index contributed by atoms with van der Waals surface area (Å²) in [5.41, 5.74) is 0.598. The average Bonchev–Trinajstić information content (AvgIpc) is 3.05. The molecule has 0 unspecified atom stereocenters. The Morgan fingerprint density at radius 1 is 1.15 bits per heavy atom. The van der Waals surface area contributed by atoms with Crippen LogP contribution in [0.2, 0.25) is 0 Å². The van der Waals surface area contributed by atoms with Crippen molar-refractivity contribution in [2.75, 3.05) is 20.3 Å². The monoisotopic (exact) mass is 375 g/mol. The topological polar surface area (TPSA) is 104 Å². The van der Waals surface area contributed by atoms with Gasteiger partial charge in [-0.15, -0.1) is 0 Å². The molecular formula is C19H21NO7. The van der Waals surface area contributed by atoms with E-state index >= 15 is 0 Å². The largest absolute Gasteiger partial charge is 0.493 e. The Morgan fingerprint density at radius 3 is 2.59 bits per heavy atom. The molecule has 0 spiro atoms. The van der Waals surface area contributed by atoms with Gasteiger partial charge in [-0.1, -0.05) is 12.1 Å². The summed E-state index contributed by atoms with van der Waals surface area (Å²) >= 11 is 0. The molecule has 1 heterocycles. The summed E-state index contributed by atoms with van der Waals surface area (Å²) in [7, 11) is 1.26. The minimum Gasteiger partial charge on any atom is -0.493 e. The van der Waals surface area contributed by atoms with E-state index in [1.54, 1.807) is 31.2 Å². The van der Waals surface area contributed by atoms with Gasteiger partial charge >= 0.3 is 11.9 Å². The number of methoxy groups -OCH3 is 1. The summed E-state index contributed by atoms with van der Waals surface area (Å²) < 4.78 is 20.4. The summed E-state index contributed by atoms with van der Waals surface area (Å²) in [5.74, 6) is -0.520. The summed E-state index contributed by atoms with van der Waals surface area (Å²) in [6.07, 6.45) is 0. The smallest absolute Gasteiger partial charge is 0.341 e. The third kappa shape index (κ3) is 5.34. The zero-order chi connectivity index (χ0) is 19.8. The number of para-hydroxylation sites is 1. The molecule has 0 atom stereocenters. The van der Waals surface area contributed by atoms with Crippen LogP contribution in [0.1, 0.15) is 39.2 Å². The van der Waals surface area contributed by atoms with Crippen LogP contribution in [-0.4, -0.2) is 38.1 Å². The summed E-state index contributed by atoms with van der Waals surface area (Å²) in [5, 5.41) is 2.48. The minimum atomic E-state index is -0.647. The van der Waals surface area contributed by atoms with Crippen molar-refractivity contribution in [2.45, 2.75) is 20.5 Å². The van der Waals surface area contributed by atoms with Gasteiger partial charge in [-0.05, 0) is 32.0 Å². The van der Waals surface area contributed by atoms with E-state index < -0.39 is 17.8 Å². The van der Waals surface area contributed by atoms with Crippen LogP contribution >= 0.6 is 0 Å². The van der Waals surface area contributed by atoms with Crippen LogP contribution in [0.4, 0.5) is 0 Å². The van der Waals surface area contributed by atoms with Gasteiger partial charge < -0.3 is 23.9 Å². The number of furan rings is 1. The molecule has 0 fully saturated rings. The molecule has 144 valence electrons. The van der Waals surface area contributed by atoms with Crippen LogP contribution in [0.5, 0.6) is 5.75 Å². The lowest BCUT2D eigenvalue weighted by Gasteiger charge is -2.10. The van der Waals surface area contributed by atoms with Gasteiger partial charge in [-0.25, -0.2) is 4.79 Å². The van der Waals surface area contributed by atoms with E-state index in [0.29, 0.717) is 29.4 Å². The number of hydrogen-bond donors (Lipinski definition) is 1. The van der Waals surface area contributed by atoms with Crippen LogP contribution in [0.15, 0.2) is 34.7 Å². The van der Waals surface area contributed by atoms with Gasteiger partial charge in [0.15, 0.2) is 0 Å². The molecule has 0 saturated carbocycles. The second-order valence-electron chi connectivity index (χ2n) is 5.45. The summed E-state index contributed by atoms with van der Waals surface area (Å²) in [6.45, 7) is 3.36. The maximum atomic E-state index is 12.2. The van der Waals surface area contributed by atoms with Gasteiger partial charge in [0.2, 0.25) is 0 Å². The highest BCUT2D eigenvalue weighted by molar-refractivity contribution is 5.98. The van der Waals surface area contributed by atoms with Crippen molar-refractivity contribution in [1.82, 2.24) is 5.32 Å². The van der Waals surface area contributed by atoms with E-state index in [1.165, 1.54) is 13.2 Å². The molecule has 1 amide bonds. The third-order valence-electron chi connectivity index (χ3n) is 3.57. The van der Waals surface area contributed by atoms with E-state index in [-0.39, 0.29) is 18.7 Å². The van der Waals surface area contributed by atoms with Crippen molar-refractivity contribution in [1.29, 1.82) is 0 Å². The number of hydrogen-bond acceptors (Lipinski definition) is 7. The van der Waals surface area contributed by atoms with Gasteiger partial charge in [0.25, 0.3) is 5.91 Å². The standard InChI is InChI=1S/C19H21NO7/c1-4-25-16-8-6-5-7-14(16)18(22)20-10-17(21)26-11-13-9-15(12(2)27-13)19(23)24-3/h5-9H,4,10-11H2,1-3H3,(H,20,22). The Morgan fingerprint density at radius 2 is 1.89 bits per heavy atom. The van der Waals surface area contributed by atoms with Crippen molar-refractivity contribution in [3.8, 4) is 5.75 Å².